The van der Waals surface area contributed by atoms with Gasteiger partial charge in [-0.1, -0.05) is 6.07 Å². The minimum atomic E-state index is 0.641. The Bertz CT molecular complexity index is 523. The summed E-state index contributed by atoms with van der Waals surface area (Å²) in [6.07, 6.45) is 0. The second kappa shape index (κ2) is 3.94. The van der Waals surface area contributed by atoms with Gasteiger partial charge in [0.15, 0.2) is 0 Å². The first-order chi connectivity index (χ1) is 7.49. The average Bonchev–Trinajstić information content (AvgIpc) is 2.44. The summed E-state index contributed by atoms with van der Waals surface area (Å²) >= 11 is 3.43. The summed E-state index contributed by atoms with van der Waals surface area (Å²) in [4.78, 5) is 0. The van der Waals surface area contributed by atoms with Crippen LogP contribution in [0, 0.1) is 20.8 Å². The Hall–Kier alpha value is -1.29. The van der Waals surface area contributed by atoms with E-state index in [-0.39, 0.29) is 0 Å². The van der Waals surface area contributed by atoms with Crippen LogP contribution in [0.25, 0.3) is 5.69 Å². The van der Waals surface area contributed by atoms with Crippen molar-refractivity contribution >= 4 is 21.7 Å². The minimum Gasteiger partial charge on any atom is -0.383 e. The van der Waals surface area contributed by atoms with Crippen molar-refractivity contribution in [3.8, 4) is 5.69 Å². The molecule has 0 saturated carbocycles. The van der Waals surface area contributed by atoms with Gasteiger partial charge in [-0.25, -0.2) is 4.68 Å². The normalized spacial score (nSPS) is 10.8. The summed E-state index contributed by atoms with van der Waals surface area (Å²) in [6.45, 7) is 6.07. The largest absolute Gasteiger partial charge is 0.383 e. The maximum absolute atomic E-state index is 5.99. The van der Waals surface area contributed by atoms with Crippen molar-refractivity contribution in [2.45, 2.75) is 20.8 Å². The number of benzene rings is 1. The predicted molar refractivity (Wildman–Crippen MR) is 69.9 cm³/mol. The van der Waals surface area contributed by atoms with Crippen LogP contribution in [0.1, 0.15) is 16.8 Å². The van der Waals surface area contributed by atoms with Gasteiger partial charge in [-0.3, -0.25) is 0 Å². The Kier molecular flexibility index (Phi) is 2.76. The molecule has 84 valence electrons. The summed E-state index contributed by atoms with van der Waals surface area (Å²) in [6, 6.07) is 6.27. The van der Waals surface area contributed by atoms with E-state index in [2.05, 4.69) is 53.1 Å². The van der Waals surface area contributed by atoms with E-state index < -0.39 is 0 Å². The fraction of sp³-hybridized carbons (Fsp3) is 0.250. The van der Waals surface area contributed by atoms with Crippen molar-refractivity contribution < 1.29 is 0 Å². The number of nitrogens with two attached hydrogens (primary N) is 1. The van der Waals surface area contributed by atoms with Gasteiger partial charge in [0.2, 0.25) is 0 Å². The highest BCUT2D eigenvalue weighted by molar-refractivity contribution is 9.10. The van der Waals surface area contributed by atoms with E-state index >= 15 is 0 Å². The lowest BCUT2D eigenvalue weighted by Crippen LogP contribution is -2.02. The van der Waals surface area contributed by atoms with E-state index in [1.807, 2.05) is 6.92 Å². The number of aryl methyl sites for hydroxylation is 3. The Morgan fingerprint density at radius 2 is 1.69 bits per heavy atom. The molecule has 0 aliphatic rings. The van der Waals surface area contributed by atoms with Gasteiger partial charge in [0.05, 0.1) is 15.9 Å². The summed E-state index contributed by atoms with van der Waals surface area (Å²) < 4.78 is 2.63. The Balaban J connectivity index is 2.62. The molecule has 0 radical (unpaired) electrons. The highest BCUT2D eigenvalue weighted by atomic mass is 79.9. The SMILES string of the molecule is Cc1cc(C)cc(-n2nc(C)c(Br)c2N)c1. The monoisotopic (exact) mass is 279 g/mol. The summed E-state index contributed by atoms with van der Waals surface area (Å²) in [5.41, 5.74) is 10.3. The van der Waals surface area contributed by atoms with Gasteiger partial charge in [-0.05, 0) is 60.0 Å². The first-order valence-corrected chi connectivity index (χ1v) is 5.87. The highest BCUT2D eigenvalue weighted by Crippen LogP contribution is 2.26. The van der Waals surface area contributed by atoms with E-state index in [1.165, 1.54) is 11.1 Å². The first kappa shape index (κ1) is 11.2. The maximum Gasteiger partial charge on any atom is 0.141 e. The van der Waals surface area contributed by atoms with Crippen molar-refractivity contribution in [2.75, 3.05) is 5.73 Å². The predicted octanol–water partition coefficient (Wildman–Crippen LogP) is 3.14. The molecule has 0 atom stereocenters. The van der Waals surface area contributed by atoms with Gasteiger partial charge in [-0.2, -0.15) is 5.10 Å². The number of halogens is 1. The lowest BCUT2D eigenvalue weighted by atomic mass is 10.1. The van der Waals surface area contributed by atoms with Gasteiger partial charge >= 0.3 is 0 Å². The molecule has 4 heteroatoms. The summed E-state index contributed by atoms with van der Waals surface area (Å²) in [5, 5.41) is 4.41. The molecule has 2 aromatic rings. The average molecular weight is 280 g/mol. The standard InChI is InChI=1S/C12H14BrN3/c1-7-4-8(2)6-10(5-7)16-12(14)11(13)9(3)15-16/h4-6H,14H2,1-3H3. The zero-order valence-corrected chi connectivity index (χ0v) is 11.2. The molecule has 1 aromatic carbocycles. The lowest BCUT2D eigenvalue weighted by molar-refractivity contribution is 0.869. The molecule has 3 nitrogen and oxygen atoms in total. The Morgan fingerprint density at radius 3 is 2.12 bits per heavy atom. The van der Waals surface area contributed by atoms with Gasteiger partial charge in [0.1, 0.15) is 5.82 Å². The Morgan fingerprint density at radius 1 is 1.12 bits per heavy atom. The molecule has 0 saturated heterocycles. The quantitative estimate of drug-likeness (QED) is 0.872. The summed E-state index contributed by atoms with van der Waals surface area (Å²) in [5.74, 6) is 0.641. The van der Waals surface area contributed by atoms with Crippen molar-refractivity contribution in [1.82, 2.24) is 9.78 Å². The van der Waals surface area contributed by atoms with Crippen molar-refractivity contribution in [3.05, 3.63) is 39.5 Å². The van der Waals surface area contributed by atoms with Crippen LogP contribution in [0.3, 0.4) is 0 Å². The first-order valence-electron chi connectivity index (χ1n) is 5.08. The van der Waals surface area contributed by atoms with Crippen LogP contribution in [0.5, 0.6) is 0 Å². The molecule has 16 heavy (non-hydrogen) atoms. The number of rotatable bonds is 1. The molecule has 2 rings (SSSR count). The molecule has 0 bridgehead atoms. The van der Waals surface area contributed by atoms with Crippen LogP contribution in [0.4, 0.5) is 5.82 Å². The van der Waals surface area contributed by atoms with E-state index in [4.69, 9.17) is 5.73 Å². The zero-order chi connectivity index (χ0) is 11.9. The number of anilines is 1. The van der Waals surface area contributed by atoms with Gasteiger partial charge in [0.25, 0.3) is 0 Å². The van der Waals surface area contributed by atoms with E-state index in [0.29, 0.717) is 5.82 Å². The van der Waals surface area contributed by atoms with Crippen LogP contribution in [0.2, 0.25) is 0 Å². The molecule has 0 aliphatic heterocycles. The lowest BCUT2D eigenvalue weighted by Gasteiger charge is -2.06. The number of nitrogens with zero attached hydrogens (tertiary/aromatic N) is 2. The van der Waals surface area contributed by atoms with Gasteiger partial charge in [-0.15, -0.1) is 0 Å². The molecule has 0 aliphatic carbocycles. The molecule has 1 heterocycles. The highest BCUT2D eigenvalue weighted by Gasteiger charge is 2.11. The molecular weight excluding hydrogens is 266 g/mol. The van der Waals surface area contributed by atoms with Crippen LogP contribution in [-0.2, 0) is 0 Å². The molecule has 0 amide bonds. The number of nitrogen functional groups attached to an aromatic ring is 1. The number of hydrogen-bond donors (Lipinski definition) is 1. The summed E-state index contributed by atoms with van der Waals surface area (Å²) in [7, 11) is 0. The van der Waals surface area contributed by atoms with Crippen LogP contribution < -0.4 is 5.73 Å². The molecule has 0 unspecified atom stereocenters. The Labute approximate surface area is 103 Å². The van der Waals surface area contributed by atoms with E-state index in [0.717, 1.165) is 15.9 Å². The van der Waals surface area contributed by atoms with Crippen molar-refractivity contribution in [3.63, 3.8) is 0 Å². The second-order valence-electron chi connectivity index (χ2n) is 4.04. The molecule has 2 N–H and O–H groups in total. The van der Waals surface area contributed by atoms with Gasteiger partial charge in [0, 0.05) is 0 Å². The molecule has 1 aromatic heterocycles. The number of hydrogen-bond acceptors (Lipinski definition) is 2. The van der Waals surface area contributed by atoms with Crippen LogP contribution in [-0.4, -0.2) is 9.78 Å². The van der Waals surface area contributed by atoms with E-state index in [1.54, 1.807) is 4.68 Å². The molecule has 0 fully saturated rings. The third-order valence-corrected chi connectivity index (χ3v) is 3.45. The maximum atomic E-state index is 5.99. The van der Waals surface area contributed by atoms with Gasteiger partial charge < -0.3 is 5.73 Å². The third kappa shape index (κ3) is 1.85. The third-order valence-electron chi connectivity index (χ3n) is 2.47. The van der Waals surface area contributed by atoms with E-state index in [9.17, 15) is 0 Å². The van der Waals surface area contributed by atoms with Crippen LogP contribution >= 0.6 is 15.9 Å². The number of aromatic nitrogens is 2. The molecule has 0 spiro atoms. The molecular formula is C12H14BrN3. The van der Waals surface area contributed by atoms with Crippen LogP contribution in [0.15, 0.2) is 22.7 Å². The zero-order valence-electron chi connectivity index (χ0n) is 9.58. The smallest absolute Gasteiger partial charge is 0.141 e. The minimum absolute atomic E-state index is 0.641. The van der Waals surface area contributed by atoms with Crippen molar-refractivity contribution in [1.29, 1.82) is 0 Å². The fourth-order valence-corrected chi connectivity index (χ4v) is 2.04. The topological polar surface area (TPSA) is 43.8 Å². The second-order valence-corrected chi connectivity index (χ2v) is 4.84. The van der Waals surface area contributed by atoms with Crippen molar-refractivity contribution in [2.24, 2.45) is 0 Å². The fourth-order valence-electron chi connectivity index (χ4n) is 1.80.